The number of nitrogens with one attached hydrogen (secondary N) is 2. The number of halogens is 1. The molecule has 1 aliphatic heterocycles. The van der Waals surface area contributed by atoms with Crippen LogP contribution in [-0.2, 0) is 28.9 Å². The van der Waals surface area contributed by atoms with Crippen molar-refractivity contribution in [2.75, 3.05) is 19.7 Å². The fourth-order valence-corrected chi connectivity index (χ4v) is 5.86. The smallest absolute Gasteiger partial charge is 0.243 e. The third kappa shape index (κ3) is 4.53. The van der Waals surface area contributed by atoms with E-state index in [4.69, 9.17) is 16.3 Å². The lowest BCUT2D eigenvalue weighted by molar-refractivity contribution is 0.320. The Labute approximate surface area is 199 Å². The number of ether oxygens (including phenoxy) is 1. The molecule has 2 N–H and O–H groups in total. The molecule has 9 heteroatoms. The minimum absolute atomic E-state index is 0.0811. The molecule has 3 aromatic rings. The highest BCUT2D eigenvalue weighted by molar-refractivity contribution is 7.89. The largest absolute Gasteiger partial charge is 0.492 e. The molecule has 0 bridgehead atoms. The minimum atomic E-state index is -3.59. The third-order valence-electron chi connectivity index (χ3n) is 6.59. The molecule has 1 atom stereocenters. The molecule has 0 saturated heterocycles. The van der Waals surface area contributed by atoms with E-state index < -0.39 is 10.0 Å². The predicted molar refractivity (Wildman–Crippen MR) is 127 cm³/mol. The summed E-state index contributed by atoms with van der Waals surface area (Å²) in [6.07, 6.45) is 6.04. The van der Waals surface area contributed by atoms with Gasteiger partial charge in [0, 0.05) is 36.3 Å². The highest BCUT2D eigenvalue weighted by Gasteiger charge is 2.52. The maximum atomic E-state index is 12.3. The summed E-state index contributed by atoms with van der Waals surface area (Å²) in [6.45, 7) is 1.35. The topological polar surface area (TPSA) is 85.2 Å². The fourth-order valence-electron chi connectivity index (χ4n) is 4.74. The van der Waals surface area contributed by atoms with E-state index in [1.807, 2.05) is 18.2 Å². The lowest BCUT2D eigenvalue weighted by Gasteiger charge is -2.34. The summed E-state index contributed by atoms with van der Waals surface area (Å²) in [5.41, 5.74) is 4.00. The zero-order chi connectivity index (χ0) is 23.1. The molecule has 5 rings (SSSR count). The first kappa shape index (κ1) is 22.4. The monoisotopic (exact) mass is 486 g/mol. The van der Waals surface area contributed by atoms with Crippen LogP contribution in [-0.4, -0.2) is 37.9 Å². The van der Waals surface area contributed by atoms with Crippen LogP contribution in [0.5, 0.6) is 5.75 Å². The molecule has 0 amide bonds. The van der Waals surface area contributed by atoms with Crippen molar-refractivity contribution >= 4 is 21.6 Å². The molecule has 1 unspecified atom stereocenters. The Balaban J connectivity index is 1.27. The Bertz CT molecular complexity index is 1250. The van der Waals surface area contributed by atoms with Gasteiger partial charge in [0.15, 0.2) is 0 Å². The lowest BCUT2D eigenvalue weighted by Crippen LogP contribution is -2.37. The van der Waals surface area contributed by atoms with E-state index in [-0.39, 0.29) is 29.5 Å². The van der Waals surface area contributed by atoms with Crippen LogP contribution in [0.25, 0.3) is 0 Å². The molecule has 2 aromatic carbocycles. The van der Waals surface area contributed by atoms with Gasteiger partial charge in [0.2, 0.25) is 10.0 Å². The number of fused-ring (bicyclic) bond motifs is 1. The molecule has 1 saturated carbocycles. The Hall–Kier alpha value is -2.39. The molecule has 0 radical (unpaired) electrons. The standard InChI is InChI=1S/C24H27ClN4O3S/c1-29-16-21(15-27-29)33(30,31)28-12-13-32-20-7-2-17-8-11-26-23(22(17)14-20)24(9-10-24)18-3-5-19(25)6-4-18/h2-7,14-16,23,26,28H,8-13H2,1H3. The highest BCUT2D eigenvalue weighted by Crippen LogP contribution is 2.57. The van der Waals surface area contributed by atoms with Crippen LogP contribution < -0.4 is 14.8 Å². The molecule has 1 aliphatic carbocycles. The second-order valence-electron chi connectivity index (χ2n) is 8.76. The average molecular weight is 487 g/mol. The van der Waals surface area contributed by atoms with Crippen molar-refractivity contribution in [3.05, 3.63) is 76.6 Å². The highest BCUT2D eigenvalue weighted by atomic mass is 35.5. The third-order valence-corrected chi connectivity index (χ3v) is 8.25. The molecular weight excluding hydrogens is 460 g/mol. The van der Waals surface area contributed by atoms with Gasteiger partial charge in [-0.3, -0.25) is 4.68 Å². The molecule has 1 aromatic heterocycles. The number of benzene rings is 2. The van der Waals surface area contributed by atoms with Crippen LogP contribution >= 0.6 is 11.6 Å². The molecule has 0 spiro atoms. The summed E-state index contributed by atoms with van der Waals surface area (Å²) in [4.78, 5) is 0.143. The molecule has 2 aliphatic rings. The molecule has 33 heavy (non-hydrogen) atoms. The Morgan fingerprint density at radius 1 is 1.24 bits per heavy atom. The van der Waals surface area contributed by atoms with Crippen LogP contribution in [0.1, 0.15) is 35.6 Å². The number of aryl methyl sites for hydroxylation is 1. The summed E-state index contributed by atoms with van der Waals surface area (Å²) in [5.74, 6) is 0.745. The maximum Gasteiger partial charge on any atom is 0.243 e. The van der Waals surface area contributed by atoms with Crippen molar-refractivity contribution in [2.24, 2.45) is 7.05 Å². The quantitative estimate of drug-likeness (QED) is 0.477. The van der Waals surface area contributed by atoms with Gasteiger partial charge in [0.05, 0.1) is 6.20 Å². The normalized spacial score (nSPS) is 19.2. The summed E-state index contributed by atoms with van der Waals surface area (Å²) in [7, 11) is -1.91. The first-order valence-corrected chi connectivity index (χ1v) is 13.0. The summed E-state index contributed by atoms with van der Waals surface area (Å²) in [5, 5.41) is 8.40. The zero-order valence-corrected chi connectivity index (χ0v) is 20.0. The Kier molecular flexibility index (Phi) is 5.95. The Morgan fingerprint density at radius 3 is 2.73 bits per heavy atom. The van der Waals surface area contributed by atoms with E-state index in [9.17, 15) is 8.42 Å². The van der Waals surface area contributed by atoms with E-state index in [1.54, 1.807) is 7.05 Å². The molecular formula is C24H27ClN4O3S. The molecule has 2 heterocycles. The zero-order valence-electron chi connectivity index (χ0n) is 18.4. The van der Waals surface area contributed by atoms with Crippen molar-refractivity contribution in [3.8, 4) is 5.75 Å². The van der Waals surface area contributed by atoms with Crippen LogP contribution in [0, 0.1) is 0 Å². The van der Waals surface area contributed by atoms with Crippen LogP contribution in [0.3, 0.4) is 0 Å². The van der Waals surface area contributed by atoms with Gasteiger partial charge in [-0.2, -0.15) is 5.10 Å². The summed E-state index contributed by atoms with van der Waals surface area (Å²) < 4.78 is 34.6. The maximum absolute atomic E-state index is 12.3. The average Bonchev–Trinajstić information content (AvgIpc) is 3.49. The van der Waals surface area contributed by atoms with Gasteiger partial charge in [0.25, 0.3) is 0 Å². The predicted octanol–water partition coefficient (Wildman–Crippen LogP) is 3.35. The van der Waals surface area contributed by atoms with E-state index in [0.717, 1.165) is 36.6 Å². The van der Waals surface area contributed by atoms with Gasteiger partial charge in [-0.05, 0) is 66.8 Å². The van der Waals surface area contributed by atoms with Gasteiger partial charge in [-0.25, -0.2) is 13.1 Å². The number of hydrogen-bond donors (Lipinski definition) is 2. The van der Waals surface area contributed by atoms with Gasteiger partial charge in [-0.1, -0.05) is 29.8 Å². The van der Waals surface area contributed by atoms with Crippen LogP contribution in [0.2, 0.25) is 5.02 Å². The SMILES string of the molecule is Cn1cc(S(=O)(=O)NCCOc2ccc3c(c2)C(C2(c4ccc(Cl)cc4)CC2)NCC3)cn1. The van der Waals surface area contributed by atoms with Gasteiger partial charge in [-0.15, -0.1) is 0 Å². The molecule has 174 valence electrons. The van der Waals surface area contributed by atoms with E-state index in [2.05, 4.69) is 39.4 Å². The van der Waals surface area contributed by atoms with Gasteiger partial charge in [0.1, 0.15) is 17.3 Å². The van der Waals surface area contributed by atoms with Crippen molar-refractivity contribution in [3.63, 3.8) is 0 Å². The number of nitrogens with zero attached hydrogens (tertiary/aromatic N) is 2. The first-order chi connectivity index (χ1) is 15.9. The van der Waals surface area contributed by atoms with Crippen LogP contribution in [0.4, 0.5) is 0 Å². The van der Waals surface area contributed by atoms with Gasteiger partial charge < -0.3 is 10.1 Å². The second kappa shape index (κ2) is 8.76. The minimum Gasteiger partial charge on any atom is -0.492 e. The van der Waals surface area contributed by atoms with Crippen molar-refractivity contribution in [1.82, 2.24) is 19.8 Å². The van der Waals surface area contributed by atoms with E-state index in [1.165, 1.54) is 33.8 Å². The number of aromatic nitrogens is 2. The first-order valence-electron chi connectivity index (χ1n) is 11.1. The van der Waals surface area contributed by atoms with Crippen LogP contribution in [0.15, 0.2) is 59.8 Å². The summed E-state index contributed by atoms with van der Waals surface area (Å²) in [6, 6.07) is 14.6. The second-order valence-corrected chi connectivity index (χ2v) is 11.0. The number of rotatable bonds is 8. The summed E-state index contributed by atoms with van der Waals surface area (Å²) >= 11 is 6.12. The van der Waals surface area contributed by atoms with E-state index >= 15 is 0 Å². The number of hydrogen-bond acceptors (Lipinski definition) is 5. The lowest BCUT2D eigenvalue weighted by atomic mass is 9.80. The fraction of sp³-hybridized carbons (Fsp3) is 0.375. The molecule has 7 nitrogen and oxygen atoms in total. The van der Waals surface area contributed by atoms with E-state index in [0.29, 0.717) is 0 Å². The Morgan fingerprint density at radius 2 is 2.03 bits per heavy atom. The van der Waals surface area contributed by atoms with Crippen molar-refractivity contribution in [1.29, 1.82) is 0 Å². The molecule has 1 fully saturated rings. The van der Waals surface area contributed by atoms with Crippen molar-refractivity contribution < 1.29 is 13.2 Å². The number of sulfonamides is 1. The van der Waals surface area contributed by atoms with Gasteiger partial charge >= 0.3 is 0 Å². The van der Waals surface area contributed by atoms with Crippen molar-refractivity contribution in [2.45, 2.75) is 35.6 Å².